The molecule has 0 fully saturated rings. The zero-order valence-corrected chi connectivity index (χ0v) is 17.0. The Morgan fingerprint density at radius 3 is 2.67 bits per heavy atom. The molecule has 0 amide bonds. The molecule has 30 heavy (non-hydrogen) atoms. The van der Waals surface area contributed by atoms with Crippen LogP contribution in [0.3, 0.4) is 0 Å². The van der Waals surface area contributed by atoms with E-state index in [1.165, 1.54) is 6.07 Å². The topological polar surface area (TPSA) is 95.7 Å². The molecule has 0 saturated carbocycles. The van der Waals surface area contributed by atoms with Crippen LogP contribution in [0.2, 0.25) is 0 Å². The summed E-state index contributed by atoms with van der Waals surface area (Å²) in [7, 11) is -3.73. The van der Waals surface area contributed by atoms with Crippen LogP contribution in [0.25, 0.3) is 11.1 Å². The van der Waals surface area contributed by atoms with Gasteiger partial charge >= 0.3 is 6.61 Å². The summed E-state index contributed by atoms with van der Waals surface area (Å²) in [5.41, 5.74) is 2.25. The molecule has 9 heteroatoms. The molecule has 0 aromatic heterocycles. The molecule has 6 nitrogen and oxygen atoms in total. The third kappa shape index (κ3) is 5.54. The lowest BCUT2D eigenvalue weighted by Crippen LogP contribution is -2.18. The molecular formula is C21H23F2NO5S. The van der Waals surface area contributed by atoms with Crippen molar-refractivity contribution in [1.82, 2.24) is 0 Å². The highest BCUT2D eigenvalue weighted by Crippen LogP contribution is 2.49. The molecule has 0 saturated heterocycles. The average Bonchev–Trinajstić information content (AvgIpc) is 2.66. The molecule has 1 aliphatic heterocycles. The van der Waals surface area contributed by atoms with E-state index in [4.69, 9.17) is 9.88 Å². The lowest BCUT2D eigenvalue weighted by atomic mass is 9.89. The summed E-state index contributed by atoms with van der Waals surface area (Å²) in [6.07, 6.45) is 4.03. The summed E-state index contributed by atoms with van der Waals surface area (Å²) in [5.74, 6) is 0.0825. The van der Waals surface area contributed by atoms with Gasteiger partial charge in [-0.25, -0.2) is 13.6 Å². The zero-order valence-electron chi connectivity index (χ0n) is 16.2. The first-order chi connectivity index (χ1) is 14.3. The minimum atomic E-state index is -3.73. The fourth-order valence-electron chi connectivity index (χ4n) is 3.66. The summed E-state index contributed by atoms with van der Waals surface area (Å²) in [4.78, 5) is 10.5. The number of unbranched alkanes of at least 4 members (excludes halogenated alkanes) is 3. The molecule has 3 rings (SSSR count). The number of fused-ring (bicyclic) bond motifs is 3. The van der Waals surface area contributed by atoms with Gasteiger partial charge in [-0.15, -0.1) is 0 Å². The first kappa shape index (κ1) is 22.2. The second-order valence-corrected chi connectivity index (χ2v) is 8.76. The molecule has 2 aromatic rings. The minimum absolute atomic E-state index is 0.00706. The van der Waals surface area contributed by atoms with Crippen LogP contribution in [-0.2, 0) is 20.6 Å². The van der Waals surface area contributed by atoms with E-state index in [1.807, 2.05) is 0 Å². The van der Waals surface area contributed by atoms with Crippen LogP contribution < -0.4 is 14.6 Å². The highest BCUT2D eigenvalue weighted by atomic mass is 32.2. The zero-order chi connectivity index (χ0) is 21.7. The average molecular weight is 439 g/mol. The maximum absolute atomic E-state index is 12.9. The molecule has 2 N–H and O–H groups in total. The van der Waals surface area contributed by atoms with Gasteiger partial charge in [0.15, 0.2) is 0 Å². The van der Waals surface area contributed by atoms with Crippen molar-refractivity contribution in [1.29, 1.82) is 0 Å². The van der Waals surface area contributed by atoms with Crippen molar-refractivity contribution in [3.8, 4) is 22.6 Å². The maximum Gasteiger partial charge on any atom is 0.387 e. The van der Waals surface area contributed by atoms with E-state index in [9.17, 15) is 22.0 Å². The minimum Gasteiger partial charge on any atom is -0.485 e. The highest BCUT2D eigenvalue weighted by molar-refractivity contribution is 7.88. The number of ether oxygens (including phenoxy) is 2. The van der Waals surface area contributed by atoms with Gasteiger partial charge in [0.25, 0.3) is 0 Å². The predicted octanol–water partition coefficient (Wildman–Crippen LogP) is 4.33. The molecule has 0 bridgehead atoms. The van der Waals surface area contributed by atoms with Crippen molar-refractivity contribution in [3.05, 3.63) is 47.5 Å². The van der Waals surface area contributed by atoms with Gasteiger partial charge in [0.05, 0.1) is 11.3 Å². The summed E-state index contributed by atoms with van der Waals surface area (Å²) >= 11 is 0. The number of alkyl halides is 2. The quantitative estimate of drug-likeness (QED) is 0.439. The SMILES string of the molecule is NS(=O)(=O)Cc1ccc2c(c1)C(CCCCCC=O)Oc1cccc(OC(F)F)c1-2. The van der Waals surface area contributed by atoms with E-state index in [2.05, 4.69) is 4.74 Å². The number of nitrogens with two attached hydrogens (primary N) is 1. The van der Waals surface area contributed by atoms with E-state index in [0.29, 0.717) is 40.8 Å². The fourth-order valence-corrected chi connectivity index (χ4v) is 4.31. The monoisotopic (exact) mass is 439 g/mol. The Labute approximate surface area is 174 Å². The van der Waals surface area contributed by atoms with E-state index in [0.717, 1.165) is 25.5 Å². The number of carbonyl (C=O) groups is 1. The second-order valence-electron chi connectivity index (χ2n) is 7.15. The first-order valence-corrected chi connectivity index (χ1v) is 11.3. The molecule has 1 heterocycles. The van der Waals surface area contributed by atoms with Gasteiger partial charge < -0.3 is 14.3 Å². The van der Waals surface area contributed by atoms with Crippen LogP contribution in [0.15, 0.2) is 36.4 Å². The number of benzene rings is 2. The standard InChI is InChI=1S/C21H23F2NO5S/c22-21(23)29-19-8-5-7-18-20(19)15-10-9-14(13-30(24,26)27)12-16(15)17(28-18)6-3-1-2-4-11-25/h5,7-12,17,21H,1-4,6,13H2,(H2,24,26,27). The molecule has 0 radical (unpaired) electrons. The number of rotatable bonds is 10. The molecule has 1 aliphatic rings. The van der Waals surface area contributed by atoms with Gasteiger partial charge in [-0.3, -0.25) is 0 Å². The van der Waals surface area contributed by atoms with E-state index >= 15 is 0 Å². The van der Waals surface area contributed by atoms with Gasteiger partial charge in [0.2, 0.25) is 10.0 Å². The van der Waals surface area contributed by atoms with Crippen molar-refractivity contribution in [2.45, 2.75) is 50.6 Å². The Kier molecular flexibility index (Phi) is 7.04. The number of aldehydes is 1. The van der Waals surface area contributed by atoms with Crippen molar-refractivity contribution in [2.75, 3.05) is 0 Å². The van der Waals surface area contributed by atoms with E-state index in [1.54, 1.807) is 30.3 Å². The normalized spacial score (nSPS) is 15.3. The van der Waals surface area contributed by atoms with E-state index in [-0.39, 0.29) is 17.6 Å². The maximum atomic E-state index is 12.9. The number of hydrogen-bond donors (Lipinski definition) is 1. The predicted molar refractivity (Wildman–Crippen MR) is 108 cm³/mol. The first-order valence-electron chi connectivity index (χ1n) is 9.60. The summed E-state index contributed by atoms with van der Waals surface area (Å²) in [5, 5.41) is 5.17. The van der Waals surface area contributed by atoms with Crippen LogP contribution in [0.1, 0.15) is 49.3 Å². The van der Waals surface area contributed by atoms with Crippen LogP contribution in [0.5, 0.6) is 11.5 Å². The largest absolute Gasteiger partial charge is 0.485 e. The number of carbonyl (C=O) groups excluding carboxylic acids is 1. The van der Waals surface area contributed by atoms with Gasteiger partial charge in [0, 0.05) is 12.0 Å². The number of hydrogen-bond acceptors (Lipinski definition) is 5. The Morgan fingerprint density at radius 2 is 1.97 bits per heavy atom. The fraction of sp³-hybridized carbons (Fsp3) is 0.381. The molecule has 1 unspecified atom stereocenters. The van der Waals surface area contributed by atoms with E-state index < -0.39 is 16.6 Å². The summed E-state index contributed by atoms with van der Waals surface area (Å²) in [6.45, 7) is -2.99. The van der Waals surface area contributed by atoms with Crippen molar-refractivity contribution >= 4 is 16.3 Å². The van der Waals surface area contributed by atoms with Crippen molar-refractivity contribution in [3.63, 3.8) is 0 Å². The molecule has 0 spiro atoms. The van der Waals surface area contributed by atoms with Crippen molar-refractivity contribution in [2.24, 2.45) is 5.14 Å². The smallest absolute Gasteiger partial charge is 0.387 e. The number of sulfonamides is 1. The van der Waals surface area contributed by atoms with Crippen LogP contribution in [-0.4, -0.2) is 21.3 Å². The number of primary sulfonamides is 1. The van der Waals surface area contributed by atoms with Crippen molar-refractivity contribution < 1.29 is 31.5 Å². The molecular weight excluding hydrogens is 416 g/mol. The Morgan fingerprint density at radius 1 is 1.17 bits per heavy atom. The Bertz CT molecular complexity index is 1010. The molecule has 1 atom stereocenters. The van der Waals surface area contributed by atoms with Gasteiger partial charge in [-0.05, 0) is 42.5 Å². The lowest BCUT2D eigenvalue weighted by Gasteiger charge is -2.30. The lowest BCUT2D eigenvalue weighted by molar-refractivity contribution is -0.107. The van der Waals surface area contributed by atoms with Gasteiger partial charge in [-0.2, -0.15) is 8.78 Å². The third-order valence-electron chi connectivity index (χ3n) is 4.86. The molecule has 0 aliphatic carbocycles. The van der Waals surface area contributed by atoms with Crippen LogP contribution in [0, 0.1) is 0 Å². The van der Waals surface area contributed by atoms with Gasteiger partial charge in [-0.1, -0.05) is 30.7 Å². The molecule has 162 valence electrons. The molecule has 2 aromatic carbocycles. The van der Waals surface area contributed by atoms with Crippen LogP contribution in [0.4, 0.5) is 8.78 Å². The van der Waals surface area contributed by atoms with Gasteiger partial charge in [0.1, 0.15) is 23.9 Å². The summed E-state index contributed by atoms with van der Waals surface area (Å²) in [6, 6.07) is 9.70. The number of halogens is 2. The second kappa shape index (κ2) is 9.53. The Hall–Kier alpha value is -2.52. The highest BCUT2D eigenvalue weighted by Gasteiger charge is 2.29. The Balaban J connectivity index is 1.98. The summed E-state index contributed by atoms with van der Waals surface area (Å²) < 4.78 is 59.6. The third-order valence-corrected chi connectivity index (χ3v) is 5.60. The van der Waals surface area contributed by atoms with Crippen LogP contribution >= 0.6 is 0 Å².